The maximum absolute atomic E-state index is 11.2. The Morgan fingerprint density at radius 3 is 2.88 bits per heavy atom. The first-order valence-electron chi connectivity index (χ1n) is 5.09. The summed E-state index contributed by atoms with van der Waals surface area (Å²) in [6.07, 6.45) is 0. The van der Waals surface area contributed by atoms with Gasteiger partial charge in [-0.1, -0.05) is 22.9 Å². The van der Waals surface area contributed by atoms with Crippen molar-refractivity contribution in [2.24, 2.45) is 11.1 Å². The zero-order chi connectivity index (χ0) is 12.6. The van der Waals surface area contributed by atoms with Crippen LogP contribution in [-0.4, -0.2) is 14.2 Å². The minimum Gasteiger partial charge on any atom is -0.216 e. The second-order valence-corrected chi connectivity index (χ2v) is 7.41. The molecule has 4 nitrogen and oxygen atoms in total. The third kappa shape index (κ3) is 3.23. The minimum absolute atomic E-state index is 0.208. The molecule has 1 heterocycles. The van der Waals surface area contributed by atoms with Gasteiger partial charge in [-0.25, -0.2) is 5.14 Å². The summed E-state index contributed by atoms with van der Waals surface area (Å²) in [6, 6.07) is 5.64. The molecule has 0 bridgehead atoms. The fourth-order valence-corrected chi connectivity index (χ4v) is 4.12. The standard InChI is InChI=1S/C10H13BrN2O2S2/c1-6-5-16-9-3-2-7(11)4-8(9)10(6)13-17(12,14)15/h2-4,6,10,13H,5H2,1H3,(H2,12,14,15)/t6-,10-/m1/s1. The van der Waals surface area contributed by atoms with E-state index in [0.717, 1.165) is 20.7 Å². The molecule has 0 saturated carbocycles. The van der Waals surface area contributed by atoms with Crippen LogP contribution in [0.5, 0.6) is 0 Å². The van der Waals surface area contributed by atoms with E-state index in [9.17, 15) is 8.42 Å². The summed E-state index contributed by atoms with van der Waals surface area (Å²) in [7, 11) is -3.69. The first kappa shape index (κ1) is 13.4. The van der Waals surface area contributed by atoms with Crippen molar-refractivity contribution in [1.82, 2.24) is 4.72 Å². The lowest BCUT2D eigenvalue weighted by atomic mass is 9.96. The highest BCUT2D eigenvalue weighted by atomic mass is 79.9. The maximum atomic E-state index is 11.2. The van der Waals surface area contributed by atoms with Crippen molar-refractivity contribution < 1.29 is 8.42 Å². The Morgan fingerprint density at radius 1 is 1.53 bits per heavy atom. The molecule has 0 saturated heterocycles. The molecule has 1 aromatic carbocycles. The molecule has 0 radical (unpaired) electrons. The van der Waals surface area contributed by atoms with Crippen LogP contribution in [0, 0.1) is 5.92 Å². The third-order valence-electron chi connectivity index (χ3n) is 2.67. The SMILES string of the molecule is C[C@@H]1CSc2ccc(Br)cc2[C@@H]1NS(N)(=O)=O. The third-order valence-corrected chi connectivity index (χ3v) is 5.12. The molecule has 0 amide bonds. The van der Waals surface area contributed by atoms with Crippen LogP contribution in [0.2, 0.25) is 0 Å². The van der Waals surface area contributed by atoms with E-state index in [-0.39, 0.29) is 12.0 Å². The van der Waals surface area contributed by atoms with Gasteiger partial charge in [0, 0.05) is 15.1 Å². The number of nitrogens with two attached hydrogens (primary N) is 1. The van der Waals surface area contributed by atoms with Gasteiger partial charge < -0.3 is 0 Å². The number of benzene rings is 1. The van der Waals surface area contributed by atoms with Crippen molar-refractivity contribution in [2.75, 3.05) is 5.75 Å². The van der Waals surface area contributed by atoms with E-state index in [1.807, 2.05) is 25.1 Å². The van der Waals surface area contributed by atoms with Crippen molar-refractivity contribution in [3.63, 3.8) is 0 Å². The van der Waals surface area contributed by atoms with E-state index in [4.69, 9.17) is 5.14 Å². The van der Waals surface area contributed by atoms with Gasteiger partial charge in [0.25, 0.3) is 10.2 Å². The highest BCUT2D eigenvalue weighted by Gasteiger charge is 2.29. The van der Waals surface area contributed by atoms with Gasteiger partial charge in [-0.2, -0.15) is 13.1 Å². The van der Waals surface area contributed by atoms with Gasteiger partial charge in [-0.05, 0) is 29.7 Å². The van der Waals surface area contributed by atoms with Gasteiger partial charge in [0.2, 0.25) is 0 Å². The Balaban J connectivity index is 2.42. The van der Waals surface area contributed by atoms with Crippen LogP contribution >= 0.6 is 27.7 Å². The van der Waals surface area contributed by atoms with Crippen LogP contribution in [0.3, 0.4) is 0 Å². The summed E-state index contributed by atoms with van der Waals surface area (Å²) in [6.45, 7) is 2.01. The van der Waals surface area contributed by atoms with E-state index in [1.165, 1.54) is 0 Å². The number of hydrogen-bond donors (Lipinski definition) is 2. The fraction of sp³-hybridized carbons (Fsp3) is 0.400. The molecule has 94 valence electrons. The Kier molecular flexibility index (Phi) is 3.84. The Bertz CT molecular complexity index is 533. The Labute approximate surface area is 114 Å². The van der Waals surface area contributed by atoms with Crippen molar-refractivity contribution in [3.05, 3.63) is 28.2 Å². The molecule has 3 N–H and O–H groups in total. The predicted octanol–water partition coefficient (Wildman–Crippen LogP) is 2.03. The van der Waals surface area contributed by atoms with Crippen LogP contribution in [0.1, 0.15) is 18.5 Å². The minimum atomic E-state index is -3.69. The molecule has 0 aliphatic carbocycles. The van der Waals surface area contributed by atoms with E-state index in [0.29, 0.717) is 0 Å². The smallest absolute Gasteiger partial charge is 0.216 e. The first-order valence-corrected chi connectivity index (χ1v) is 8.41. The van der Waals surface area contributed by atoms with Crippen molar-refractivity contribution >= 4 is 37.9 Å². The van der Waals surface area contributed by atoms with Crippen LogP contribution in [0.15, 0.2) is 27.6 Å². The van der Waals surface area contributed by atoms with Gasteiger partial charge in [-0.15, -0.1) is 11.8 Å². The molecular formula is C10H13BrN2O2S2. The summed E-state index contributed by atoms with van der Waals surface area (Å²) >= 11 is 5.14. The summed E-state index contributed by atoms with van der Waals surface area (Å²) < 4.78 is 25.8. The van der Waals surface area contributed by atoms with Crippen LogP contribution in [0.4, 0.5) is 0 Å². The topological polar surface area (TPSA) is 72.2 Å². The number of halogens is 1. The second-order valence-electron chi connectivity index (χ2n) is 4.11. The van der Waals surface area contributed by atoms with Crippen LogP contribution in [0.25, 0.3) is 0 Å². The first-order chi connectivity index (χ1) is 7.87. The van der Waals surface area contributed by atoms with Gasteiger partial charge in [0.1, 0.15) is 0 Å². The number of hydrogen-bond acceptors (Lipinski definition) is 3. The largest absolute Gasteiger partial charge is 0.274 e. The molecule has 0 fully saturated rings. The molecule has 7 heteroatoms. The van der Waals surface area contributed by atoms with Crippen LogP contribution < -0.4 is 9.86 Å². The molecule has 2 rings (SSSR count). The quantitative estimate of drug-likeness (QED) is 0.867. The summed E-state index contributed by atoms with van der Waals surface area (Å²) in [4.78, 5) is 1.10. The summed E-state index contributed by atoms with van der Waals surface area (Å²) in [5, 5.41) is 5.07. The molecule has 0 spiro atoms. The molecule has 1 aliphatic heterocycles. The van der Waals surface area contributed by atoms with Gasteiger partial charge in [-0.3, -0.25) is 0 Å². The number of rotatable bonds is 2. The number of thioether (sulfide) groups is 1. The van der Waals surface area contributed by atoms with E-state index < -0.39 is 10.2 Å². The van der Waals surface area contributed by atoms with Gasteiger partial charge in [0.05, 0.1) is 6.04 Å². The predicted molar refractivity (Wildman–Crippen MR) is 73.0 cm³/mol. The summed E-state index contributed by atoms with van der Waals surface area (Å²) in [5.74, 6) is 1.09. The van der Waals surface area contributed by atoms with Crippen LogP contribution in [-0.2, 0) is 10.2 Å². The van der Waals surface area contributed by atoms with Crippen molar-refractivity contribution in [1.29, 1.82) is 0 Å². The normalized spacial score (nSPS) is 24.4. The number of nitrogens with one attached hydrogen (secondary N) is 1. The fourth-order valence-electron chi connectivity index (χ4n) is 1.87. The molecule has 0 unspecified atom stereocenters. The van der Waals surface area contributed by atoms with Crippen molar-refractivity contribution in [3.8, 4) is 0 Å². The average molecular weight is 337 g/mol. The monoisotopic (exact) mass is 336 g/mol. The molecule has 17 heavy (non-hydrogen) atoms. The van der Waals surface area contributed by atoms with E-state index >= 15 is 0 Å². The maximum Gasteiger partial charge on any atom is 0.274 e. The molecule has 1 aliphatic rings. The zero-order valence-corrected chi connectivity index (χ0v) is 12.4. The van der Waals surface area contributed by atoms with Gasteiger partial charge >= 0.3 is 0 Å². The molecule has 1 aromatic rings. The van der Waals surface area contributed by atoms with E-state index in [1.54, 1.807) is 11.8 Å². The average Bonchev–Trinajstić information content (AvgIpc) is 2.21. The molecule has 0 aromatic heterocycles. The van der Waals surface area contributed by atoms with Gasteiger partial charge in [0.15, 0.2) is 0 Å². The number of fused-ring (bicyclic) bond motifs is 1. The lowest BCUT2D eigenvalue weighted by Gasteiger charge is -2.30. The Morgan fingerprint density at radius 2 is 2.24 bits per heavy atom. The highest BCUT2D eigenvalue weighted by Crippen LogP contribution is 2.40. The van der Waals surface area contributed by atoms with E-state index in [2.05, 4.69) is 20.7 Å². The Hall–Kier alpha value is -0.0800. The lowest BCUT2D eigenvalue weighted by Crippen LogP contribution is -2.39. The lowest BCUT2D eigenvalue weighted by molar-refractivity contribution is 0.458. The highest BCUT2D eigenvalue weighted by molar-refractivity contribution is 9.10. The molecular weight excluding hydrogens is 324 g/mol. The molecule has 2 atom stereocenters. The van der Waals surface area contributed by atoms with Crippen molar-refractivity contribution in [2.45, 2.75) is 17.9 Å². The second kappa shape index (κ2) is 4.89. The zero-order valence-electron chi connectivity index (χ0n) is 9.18. The summed E-state index contributed by atoms with van der Waals surface area (Å²) in [5.41, 5.74) is 0.983.